The van der Waals surface area contributed by atoms with Crippen molar-refractivity contribution >= 4 is 20.9 Å². The van der Waals surface area contributed by atoms with Crippen LogP contribution in [-0.2, 0) is 25.9 Å². The normalized spacial score (nSPS) is 11.9. The van der Waals surface area contributed by atoms with Crippen LogP contribution in [0.15, 0.2) is 29.1 Å². The van der Waals surface area contributed by atoms with Gasteiger partial charge in [0.2, 0.25) is 10.0 Å². The summed E-state index contributed by atoms with van der Waals surface area (Å²) in [5.74, 6) is -0.121. The molecule has 0 atom stereocenters. The van der Waals surface area contributed by atoms with Crippen molar-refractivity contribution in [1.82, 2.24) is 9.71 Å². The highest BCUT2D eigenvalue weighted by Crippen LogP contribution is 2.13. The number of pyridine rings is 1. The van der Waals surface area contributed by atoms with E-state index in [9.17, 15) is 13.2 Å². The van der Waals surface area contributed by atoms with Gasteiger partial charge in [0.05, 0.1) is 25.6 Å². The van der Waals surface area contributed by atoms with Crippen molar-refractivity contribution in [3.8, 4) is 0 Å². The minimum Gasteiger partial charge on any atom is -0.382 e. The van der Waals surface area contributed by atoms with Gasteiger partial charge in [-0.3, -0.25) is 4.79 Å². The van der Waals surface area contributed by atoms with Gasteiger partial charge in [0.25, 0.3) is 5.56 Å². The highest BCUT2D eigenvalue weighted by Gasteiger charge is 2.10. The van der Waals surface area contributed by atoms with Crippen molar-refractivity contribution in [2.24, 2.45) is 0 Å². The minimum atomic E-state index is -3.43. The van der Waals surface area contributed by atoms with Gasteiger partial charge in [0, 0.05) is 24.7 Å². The number of hydrogen-bond donors (Lipinski definition) is 2. The molecule has 2 rings (SSSR count). The predicted octanol–water partition coefficient (Wildman–Crippen LogP) is 0.961. The fourth-order valence-corrected chi connectivity index (χ4v) is 3.28. The topological polar surface area (TPSA) is 97.5 Å². The molecule has 2 N–H and O–H groups in total. The fraction of sp³-hybridized carbons (Fsp3) is 0.471. The lowest BCUT2D eigenvalue weighted by Gasteiger charge is -2.08. The van der Waals surface area contributed by atoms with Crippen LogP contribution in [0.5, 0.6) is 0 Å². The zero-order valence-corrected chi connectivity index (χ0v) is 15.3. The van der Waals surface area contributed by atoms with Crippen molar-refractivity contribution in [3.63, 3.8) is 0 Å². The van der Waals surface area contributed by atoms with E-state index in [-0.39, 0.29) is 24.5 Å². The minimum absolute atomic E-state index is 0.106. The molecular formula is C17H24N2O5S. The molecule has 0 aliphatic rings. The predicted molar refractivity (Wildman–Crippen MR) is 97.5 cm³/mol. The van der Waals surface area contributed by atoms with Crippen molar-refractivity contribution < 1.29 is 17.9 Å². The molecule has 0 saturated heterocycles. The Hall–Kier alpha value is -1.74. The molecule has 7 nitrogen and oxygen atoms in total. The third-order valence-corrected chi connectivity index (χ3v) is 5.07. The number of aryl methyl sites for hydroxylation is 1. The Labute approximate surface area is 147 Å². The fourth-order valence-electron chi connectivity index (χ4n) is 2.38. The number of benzene rings is 1. The van der Waals surface area contributed by atoms with Gasteiger partial charge in [-0.15, -0.1) is 0 Å². The quantitative estimate of drug-likeness (QED) is 0.609. The molecule has 0 saturated carbocycles. The zero-order valence-electron chi connectivity index (χ0n) is 14.5. The van der Waals surface area contributed by atoms with E-state index in [1.165, 1.54) is 0 Å². The second-order valence-electron chi connectivity index (χ2n) is 5.78. The van der Waals surface area contributed by atoms with E-state index < -0.39 is 10.0 Å². The molecule has 2 aromatic rings. The summed E-state index contributed by atoms with van der Waals surface area (Å²) in [6.45, 7) is 3.04. The summed E-state index contributed by atoms with van der Waals surface area (Å²) in [4.78, 5) is 14.9. The smallest absolute Gasteiger partial charge is 0.251 e. The first kappa shape index (κ1) is 19.6. The van der Waals surface area contributed by atoms with Crippen LogP contribution in [0.2, 0.25) is 0 Å². The number of hydrogen-bond acceptors (Lipinski definition) is 5. The van der Waals surface area contributed by atoms with Gasteiger partial charge in [-0.25, -0.2) is 13.1 Å². The Morgan fingerprint density at radius 2 is 1.96 bits per heavy atom. The molecule has 8 heteroatoms. The maximum absolute atomic E-state index is 12.1. The van der Waals surface area contributed by atoms with E-state index >= 15 is 0 Å². The van der Waals surface area contributed by atoms with Crippen LogP contribution >= 0.6 is 0 Å². The van der Waals surface area contributed by atoms with Crippen molar-refractivity contribution in [1.29, 1.82) is 0 Å². The summed E-state index contributed by atoms with van der Waals surface area (Å²) in [5, 5.41) is 0.934. The van der Waals surface area contributed by atoms with Crippen LogP contribution < -0.4 is 10.3 Å². The Kier molecular flexibility index (Phi) is 7.12. The third-order valence-electron chi connectivity index (χ3n) is 3.72. The van der Waals surface area contributed by atoms with Crippen LogP contribution in [0.25, 0.3) is 10.9 Å². The van der Waals surface area contributed by atoms with Gasteiger partial charge in [0.15, 0.2) is 0 Å². The summed E-state index contributed by atoms with van der Waals surface area (Å²) in [7, 11) is -1.88. The largest absolute Gasteiger partial charge is 0.382 e. The van der Waals surface area contributed by atoms with Gasteiger partial charge < -0.3 is 14.5 Å². The van der Waals surface area contributed by atoms with Gasteiger partial charge in [0.1, 0.15) is 0 Å². The SMILES string of the molecule is COCCOCCS(=O)(=O)NCCc1cc2cc(C)ccc2[nH]c1=O. The zero-order chi connectivity index (χ0) is 18.3. The van der Waals surface area contributed by atoms with Gasteiger partial charge in [-0.05, 0) is 36.9 Å². The van der Waals surface area contributed by atoms with Crippen LogP contribution in [0.1, 0.15) is 11.1 Å². The molecule has 1 aromatic carbocycles. The monoisotopic (exact) mass is 368 g/mol. The lowest BCUT2D eigenvalue weighted by Crippen LogP contribution is -2.31. The summed E-state index contributed by atoms with van der Waals surface area (Å²) in [6.07, 6.45) is 0.322. The van der Waals surface area contributed by atoms with Gasteiger partial charge in [-0.2, -0.15) is 0 Å². The summed E-state index contributed by atoms with van der Waals surface area (Å²) in [5.41, 5.74) is 2.23. The maximum atomic E-state index is 12.1. The van der Waals surface area contributed by atoms with Crippen molar-refractivity contribution in [3.05, 3.63) is 45.7 Å². The lowest BCUT2D eigenvalue weighted by molar-refractivity contribution is 0.0784. The first-order valence-electron chi connectivity index (χ1n) is 8.08. The molecule has 0 unspecified atom stereocenters. The average molecular weight is 368 g/mol. The Bertz CT molecular complexity index is 861. The first-order valence-corrected chi connectivity index (χ1v) is 9.73. The molecule has 138 valence electrons. The molecule has 25 heavy (non-hydrogen) atoms. The second-order valence-corrected chi connectivity index (χ2v) is 7.71. The molecule has 0 bridgehead atoms. The molecule has 0 amide bonds. The van der Waals surface area contributed by atoms with E-state index in [2.05, 4.69) is 9.71 Å². The summed E-state index contributed by atoms with van der Waals surface area (Å²) >= 11 is 0. The van der Waals surface area contributed by atoms with Crippen LogP contribution in [0.4, 0.5) is 0 Å². The first-order chi connectivity index (χ1) is 11.9. The Morgan fingerprint density at radius 1 is 1.16 bits per heavy atom. The maximum Gasteiger partial charge on any atom is 0.251 e. The molecule has 0 aliphatic carbocycles. The number of methoxy groups -OCH3 is 1. The van der Waals surface area contributed by atoms with E-state index in [1.807, 2.05) is 31.2 Å². The average Bonchev–Trinajstić information content (AvgIpc) is 2.55. The molecule has 1 aromatic heterocycles. The Morgan fingerprint density at radius 3 is 2.72 bits per heavy atom. The van der Waals surface area contributed by atoms with Gasteiger partial charge >= 0.3 is 0 Å². The van der Waals surface area contributed by atoms with E-state index in [4.69, 9.17) is 9.47 Å². The molecular weight excluding hydrogens is 344 g/mol. The molecule has 0 radical (unpaired) electrons. The summed E-state index contributed by atoms with van der Waals surface area (Å²) < 4.78 is 36.2. The summed E-state index contributed by atoms with van der Waals surface area (Å²) in [6, 6.07) is 7.59. The van der Waals surface area contributed by atoms with Crippen LogP contribution in [0, 0.1) is 6.92 Å². The van der Waals surface area contributed by atoms with Crippen LogP contribution in [0.3, 0.4) is 0 Å². The van der Waals surface area contributed by atoms with Crippen LogP contribution in [-0.4, -0.2) is 52.6 Å². The van der Waals surface area contributed by atoms with E-state index in [0.717, 1.165) is 16.5 Å². The van der Waals surface area contributed by atoms with Crippen molar-refractivity contribution in [2.45, 2.75) is 13.3 Å². The highest BCUT2D eigenvalue weighted by molar-refractivity contribution is 7.89. The highest BCUT2D eigenvalue weighted by atomic mass is 32.2. The van der Waals surface area contributed by atoms with E-state index in [0.29, 0.717) is 25.2 Å². The Balaban J connectivity index is 1.89. The molecule has 1 heterocycles. The number of aromatic amines is 1. The number of H-pyrrole nitrogens is 1. The standard InChI is InChI=1S/C17H24N2O5S/c1-13-3-4-16-15(11-13)12-14(17(20)19-16)5-6-18-25(21,22)10-9-24-8-7-23-2/h3-4,11-12,18H,5-10H2,1-2H3,(H,19,20). The lowest BCUT2D eigenvalue weighted by atomic mass is 10.1. The second kappa shape index (κ2) is 9.10. The number of aromatic nitrogens is 1. The number of rotatable bonds is 10. The van der Waals surface area contributed by atoms with E-state index in [1.54, 1.807) is 7.11 Å². The molecule has 0 spiro atoms. The number of sulfonamides is 1. The number of ether oxygens (including phenoxy) is 2. The number of fused-ring (bicyclic) bond motifs is 1. The third kappa shape index (κ3) is 6.24. The molecule has 0 aliphatic heterocycles. The molecule has 0 fully saturated rings. The number of nitrogens with one attached hydrogen (secondary N) is 2. The van der Waals surface area contributed by atoms with Crippen molar-refractivity contribution in [2.75, 3.05) is 39.2 Å². The van der Waals surface area contributed by atoms with Gasteiger partial charge in [-0.1, -0.05) is 11.6 Å².